The molecular weight excluding hydrogens is 460 g/mol. The topological polar surface area (TPSA) is 88.9 Å². The summed E-state index contributed by atoms with van der Waals surface area (Å²) in [6.07, 6.45) is 0. The van der Waals surface area contributed by atoms with Crippen LogP contribution >= 0.6 is 11.8 Å². The van der Waals surface area contributed by atoms with E-state index >= 15 is 0 Å². The van der Waals surface area contributed by atoms with Gasteiger partial charge in [-0.25, -0.2) is 8.78 Å². The Morgan fingerprint density at radius 2 is 1.56 bits per heavy atom. The van der Waals surface area contributed by atoms with Crippen molar-refractivity contribution in [1.82, 2.24) is 25.6 Å². The molecule has 4 rings (SSSR count). The van der Waals surface area contributed by atoms with Gasteiger partial charge < -0.3 is 0 Å². The summed E-state index contributed by atoms with van der Waals surface area (Å²) in [5, 5.41) is 8.67. The number of hydrogen-bond acceptors (Lipinski definition) is 5. The number of benzene rings is 3. The Labute approximate surface area is 198 Å². The smallest absolute Gasteiger partial charge is 0.272 e. The summed E-state index contributed by atoms with van der Waals surface area (Å²) in [6.45, 7) is 1.95. The fraction of sp³-hybridized carbons (Fsp3) is 0.0833. The number of amides is 2. The largest absolute Gasteiger partial charge is 0.272 e. The van der Waals surface area contributed by atoms with Crippen LogP contribution in [0.1, 0.15) is 15.9 Å². The zero-order valence-electron chi connectivity index (χ0n) is 18.0. The molecule has 0 saturated carbocycles. The molecule has 0 atom stereocenters. The van der Waals surface area contributed by atoms with Crippen molar-refractivity contribution in [2.75, 3.05) is 5.75 Å². The first-order chi connectivity index (χ1) is 16.4. The van der Waals surface area contributed by atoms with E-state index in [1.165, 1.54) is 24.3 Å². The second-order valence-electron chi connectivity index (χ2n) is 7.23. The lowest BCUT2D eigenvalue weighted by Crippen LogP contribution is -2.42. The quantitative estimate of drug-likeness (QED) is 0.322. The summed E-state index contributed by atoms with van der Waals surface area (Å²) in [5.41, 5.74) is 6.25. The van der Waals surface area contributed by atoms with E-state index in [4.69, 9.17) is 0 Å². The predicted molar refractivity (Wildman–Crippen MR) is 124 cm³/mol. The van der Waals surface area contributed by atoms with Crippen LogP contribution < -0.4 is 10.9 Å². The van der Waals surface area contributed by atoms with Gasteiger partial charge in [0.1, 0.15) is 11.6 Å². The van der Waals surface area contributed by atoms with Gasteiger partial charge in [-0.2, -0.15) is 0 Å². The number of halogens is 2. The van der Waals surface area contributed by atoms with Gasteiger partial charge in [0.15, 0.2) is 11.0 Å². The average molecular weight is 480 g/mol. The lowest BCUT2D eigenvalue weighted by atomic mass is 10.2. The second kappa shape index (κ2) is 10.3. The number of aromatic nitrogens is 3. The Morgan fingerprint density at radius 3 is 2.26 bits per heavy atom. The number of nitrogens with one attached hydrogen (secondary N) is 2. The molecular formula is C24H19F2N5O2S. The molecule has 1 heterocycles. The van der Waals surface area contributed by atoms with Gasteiger partial charge in [-0.1, -0.05) is 53.7 Å². The van der Waals surface area contributed by atoms with E-state index in [2.05, 4.69) is 21.0 Å². The molecule has 0 aliphatic heterocycles. The summed E-state index contributed by atoms with van der Waals surface area (Å²) in [5.74, 6) is -2.30. The molecule has 0 radical (unpaired) electrons. The van der Waals surface area contributed by atoms with Gasteiger partial charge >= 0.3 is 0 Å². The van der Waals surface area contributed by atoms with Crippen LogP contribution in [0.3, 0.4) is 0 Å². The van der Waals surface area contributed by atoms with E-state index in [1.807, 2.05) is 31.2 Å². The maximum Gasteiger partial charge on any atom is 0.272 e. The van der Waals surface area contributed by atoms with Crippen LogP contribution in [0.4, 0.5) is 8.78 Å². The maximum atomic E-state index is 14.5. The fourth-order valence-electron chi connectivity index (χ4n) is 3.11. The minimum absolute atomic E-state index is 0.126. The van der Waals surface area contributed by atoms with Crippen molar-refractivity contribution in [1.29, 1.82) is 0 Å². The van der Waals surface area contributed by atoms with Crippen LogP contribution in [0.5, 0.6) is 0 Å². The van der Waals surface area contributed by atoms with E-state index in [9.17, 15) is 18.4 Å². The molecule has 0 aliphatic carbocycles. The Bertz CT molecular complexity index is 1340. The van der Waals surface area contributed by atoms with Crippen molar-refractivity contribution in [2.24, 2.45) is 0 Å². The van der Waals surface area contributed by atoms with Crippen molar-refractivity contribution >= 4 is 23.6 Å². The van der Waals surface area contributed by atoms with Gasteiger partial charge in [-0.05, 0) is 43.3 Å². The zero-order chi connectivity index (χ0) is 24.1. The van der Waals surface area contributed by atoms with Gasteiger partial charge in [0, 0.05) is 5.69 Å². The summed E-state index contributed by atoms with van der Waals surface area (Å²) < 4.78 is 29.9. The third-order valence-corrected chi connectivity index (χ3v) is 5.74. The first-order valence-corrected chi connectivity index (χ1v) is 11.2. The van der Waals surface area contributed by atoms with E-state index in [0.717, 1.165) is 23.4 Å². The molecule has 0 bridgehead atoms. The molecule has 4 aromatic rings. The number of thioether (sulfide) groups is 1. The standard InChI is InChI=1S/C24H19F2N5O2S/c1-15-10-12-16(13-11-15)31-22(17-6-2-4-8-19(17)25)28-30-24(31)34-14-21(32)27-29-23(33)18-7-3-5-9-20(18)26/h2-13H,14H2,1H3,(H,27,32)(H,29,33). The minimum atomic E-state index is -0.777. The highest BCUT2D eigenvalue weighted by atomic mass is 32.2. The molecule has 10 heteroatoms. The Balaban J connectivity index is 1.51. The number of aryl methyl sites for hydroxylation is 1. The van der Waals surface area contributed by atoms with Gasteiger partial charge in [0.2, 0.25) is 5.91 Å². The Morgan fingerprint density at radius 1 is 0.882 bits per heavy atom. The third kappa shape index (κ3) is 5.12. The summed E-state index contributed by atoms with van der Waals surface area (Å²) in [6, 6.07) is 19.2. The van der Waals surface area contributed by atoms with Crippen molar-refractivity contribution in [3.05, 3.63) is 95.6 Å². The first-order valence-electron chi connectivity index (χ1n) is 10.2. The van der Waals surface area contributed by atoms with Gasteiger partial charge in [0.25, 0.3) is 5.91 Å². The van der Waals surface area contributed by atoms with Crippen molar-refractivity contribution in [2.45, 2.75) is 12.1 Å². The number of hydrogen-bond donors (Lipinski definition) is 2. The minimum Gasteiger partial charge on any atom is -0.272 e. The number of hydrazine groups is 1. The summed E-state index contributed by atoms with van der Waals surface area (Å²) >= 11 is 1.06. The van der Waals surface area contributed by atoms with Crippen molar-refractivity contribution in [3.63, 3.8) is 0 Å². The fourth-order valence-corrected chi connectivity index (χ4v) is 3.86. The Hall–Kier alpha value is -4.05. The van der Waals surface area contributed by atoms with Crippen LogP contribution in [0, 0.1) is 18.6 Å². The number of rotatable bonds is 6. The van der Waals surface area contributed by atoms with E-state index < -0.39 is 23.4 Å². The third-order valence-electron chi connectivity index (χ3n) is 4.81. The lowest BCUT2D eigenvalue weighted by molar-refractivity contribution is -0.119. The molecule has 0 saturated heterocycles. The van der Waals surface area contributed by atoms with Crippen LogP contribution in [-0.2, 0) is 4.79 Å². The van der Waals surface area contributed by atoms with Crippen LogP contribution in [0.2, 0.25) is 0 Å². The molecule has 0 fully saturated rings. The molecule has 34 heavy (non-hydrogen) atoms. The predicted octanol–water partition coefficient (Wildman–Crippen LogP) is 4.07. The number of carbonyl (C=O) groups is 2. The highest BCUT2D eigenvalue weighted by molar-refractivity contribution is 7.99. The second-order valence-corrected chi connectivity index (χ2v) is 8.17. The summed E-state index contributed by atoms with van der Waals surface area (Å²) in [7, 11) is 0. The van der Waals surface area contributed by atoms with E-state index in [-0.39, 0.29) is 22.7 Å². The first kappa shape index (κ1) is 23.1. The van der Waals surface area contributed by atoms with E-state index in [0.29, 0.717) is 10.8 Å². The molecule has 0 aliphatic rings. The van der Waals surface area contributed by atoms with Crippen molar-refractivity contribution < 1.29 is 18.4 Å². The molecule has 0 spiro atoms. The summed E-state index contributed by atoms with van der Waals surface area (Å²) in [4.78, 5) is 24.4. The van der Waals surface area contributed by atoms with Crippen molar-refractivity contribution in [3.8, 4) is 17.1 Å². The number of carbonyl (C=O) groups excluding carboxylic acids is 2. The van der Waals surface area contributed by atoms with Crippen LogP contribution in [0.25, 0.3) is 17.1 Å². The van der Waals surface area contributed by atoms with Crippen LogP contribution in [0.15, 0.2) is 78.0 Å². The normalized spacial score (nSPS) is 10.7. The lowest BCUT2D eigenvalue weighted by Gasteiger charge is -2.11. The van der Waals surface area contributed by atoms with E-state index in [1.54, 1.807) is 22.8 Å². The molecule has 0 unspecified atom stereocenters. The molecule has 1 aromatic heterocycles. The molecule has 2 amide bonds. The van der Waals surface area contributed by atoms with Crippen LogP contribution in [-0.4, -0.2) is 32.3 Å². The monoisotopic (exact) mass is 479 g/mol. The SMILES string of the molecule is Cc1ccc(-n2c(SCC(=O)NNC(=O)c3ccccc3F)nnc2-c2ccccc2F)cc1. The Kier molecular flexibility index (Phi) is 6.98. The molecule has 2 N–H and O–H groups in total. The number of nitrogens with zero attached hydrogens (tertiary/aromatic N) is 3. The van der Waals surface area contributed by atoms with Gasteiger partial charge in [0.05, 0.1) is 16.9 Å². The highest BCUT2D eigenvalue weighted by Gasteiger charge is 2.20. The maximum absolute atomic E-state index is 14.5. The zero-order valence-corrected chi connectivity index (χ0v) is 18.8. The van der Waals surface area contributed by atoms with Gasteiger partial charge in [-0.3, -0.25) is 25.0 Å². The van der Waals surface area contributed by atoms with Gasteiger partial charge in [-0.15, -0.1) is 10.2 Å². The highest BCUT2D eigenvalue weighted by Crippen LogP contribution is 2.29. The molecule has 172 valence electrons. The molecule has 7 nitrogen and oxygen atoms in total. The molecule has 3 aromatic carbocycles. The average Bonchev–Trinajstić information content (AvgIpc) is 3.26.